The van der Waals surface area contributed by atoms with E-state index in [1.165, 1.54) is 37.2 Å². The van der Waals surface area contributed by atoms with Crippen LogP contribution in [0.15, 0.2) is 190 Å². The lowest BCUT2D eigenvalue weighted by atomic mass is 10.0. The topological polar surface area (TPSA) is 61.7 Å². The molecule has 5 heterocycles. The summed E-state index contributed by atoms with van der Waals surface area (Å²) >= 11 is 1.84. The van der Waals surface area contributed by atoms with Gasteiger partial charge in [-0.15, -0.1) is 0 Å². The van der Waals surface area contributed by atoms with Crippen molar-refractivity contribution in [3.05, 3.63) is 176 Å². The monoisotopic (exact) mass is 759 g/mol. The zero-order chi connectivity index (χ0) is 37.9. The lowest BCUT2D eigenvalue weighted by Crippen LogP contribution is -2.05. The first-order valence-corrected chi connectivity index (χ1v) is 20.2. The Hall–Kier alpha value is -7.48. The standard InChI is InChI=1S/C51H29N5OS/c1-2-14-34(15-3-1)55-39-27-26-33(29-38(39)46-36-17-11-23-44-47(36)56(51(46)55)40-19-7-9-22-43(40)58-44)49-52-48(32-25-24-30-12-4-5-13-31(30)28-32)53-50(54-49)37-18-10-21-42-45(37)35-16-6-8-20-41(35)57-42/h1-29H. The Morgan fingerprint density at radius 3 is 2.05 bits per heavy atom. The minimum atomic E-state index is 0.596. The second kappa shape index (κ2) is 12.0. The van der Waals surface area contributed by atoms with Crippen LogP contribution in [0.4, 0.5) is 0 Å². The molecule has 270 valence electrons. The molecular weight excluding hydrogens is 731 g/mol. The van der Waals surface area contributed by atoms with Crippen molar-refractivity contribution in [3.8, 4) is 45.5 Å². The molecule has 1 aliphatic rings. The quantitative estimate of drug-likeness (QED) is 0.179. The van der Waals surface area contributed by atoms with Gasteiger partial charge in [0.15, 0.2) is 17.5 Å². The van der Waals surface area contributed by atoms with Crippen molar-refractivity contribution < 1.29 is 4.42 Å². The van der Waals surface area contributed by atoms with E-state index in [2.05, 4.69) is 155 Å². The number of furan rings is 1. The van der Waals surface area contributed by atoms with Crippen LogP contribution in [-0.4, -0.2) is 24.1 Å². The maximum Gasteiger partial charge on any atom is 0.164 e. The molecule has 7 heteroatoms. The molecule has 0 saturated carbocycles. The largest absolute Gasteiger partial charge is 0.456 e. The molecular formula is C51H29N5OS. The number of rotatable bonds is 4. The first-order chi connectivity index (χ1) is 28.7. The molecule has 0 amide bonds. The van der Waals surface area contributed by atoms with Gasteiger partial charge in [-0.25, -0.2) is 15.0 Å². The number of nitrogens with zero attached hydrogens (tertiary/aromatic N) is 5. The van der Waals surface area contributed by atoms with Gasteiger partial charge in [0.2, 0.25) is 0 Å². The Balaban J connectivity index is 1.11. The molecule has 58 heavy (non-hydrogen) atoms. The summed E-state index contributed by atoms with van der Waals surface area (Å²) in [6.45, 7) is 0. The molecule has 13 rings (SSSR count). The van der Waals surface area contributed by atoms with Crippen molar-refractivity contribution in [2.24, 2.45) is 0 Å². The summed E-state index contributed by atoms with van der Waals surface area (Å²) in [6, 6.07) is 61.8. The summed E-state index contributed by atoms with van der Waals surface area (Å²) in [7, 11) is 0. The molecule has 0 spiro atoms. The number of hydrogen-bond acceptors (Lipinski definition) is 5. The molecule has 1 aliphatic heterocycles. The Labute approximate surface area is 335 Å². The number of aromatic nitrogens is 5. The predicted octanol–water partition coefficient (Wildman–Crippen LogP) is 13.4. The van der Waals surface area contributed by atoms with E-state index in [0.29, 0.717) is 17.5 Å². The van der Waals surface area contributed by atoms with Crippen LogP contribution in [0.5, 0.6) is 0 Å². The second-order valence-electron chi connectivity index (χ2n) is 14.8. The van der Waals surface area contributed by atoms with Gasteiger partial charge in [-0.05, 0) is 77.5 Å². The molecule has 0 saturated heterocycles. The van der Waals surface area contributed by atoms with E-state index in [-0.39, 0.29) is 0 Å². The summed E-state index contributed by atoms with van der Waals surface area (Å²) in [5, 5.41) is 7.88. The van der Waals surface area contributed by atoms with Crippen molar-refractivity contribution in [1.82, 2.24) is 24.1 Å². The Kier molecular flexibility index (Phi) is 6.56. The third-order valence-corrected chi connectivity index (χ3v) is 12.6. The van der Waals surface area contributed by atoms with Crippen LogP contribution >= 0.6 is 11.8 Å². The SMILES string of the molecule is c1ccc(-n2c3ccc(-c4nc(-c5ccc6ccccc6c5)nc(-c5cccc6oc7ccccc7c56)n4)cc3c3c4cccc5c4n(c32)-c2ccccc2S5)cc1. The van der Waals surface area contributed by atoms with Crippen molar-refractivity contribution in [2.45, 2.75) is 9.79 Å². The summed E-state index contributed by atoms with van der Waals surface area (Å²) in [6.07, 6.45) is 0. The van der Waals surface area contributed by atoms with Crippen LogP contribution in [0.2, 0.25) is 0 Å². The van der Waals surface area contributed by atoms with Gasteiger partial charge in [0.05, 0.1) is 16.7 Å². The normalized spacial score (nSPS) is 12.4. The van der Waals surface area contributed by atoms with Gasteiger partial charge in [0, 0.05) is 59.1 Å². The van der Waals surface area contributed by atoms with Crippen LogP contribution in [-0.2, 0) is 0 Å². The van der Waals surface area contributed by atoms with E-state index >= 15 is 0 Å². The molecule has 12 aromatic rings. The first kappa shape index (κ1) is 31.7. The molecule has 8 aromatic carbocycles. The average molecular weight is 760 g/mol. The number of benzene rings is 8. The number of para-hydroxylation sites is 4. The van der Waals surface area contributed by atoms with E-state index in [0.717, 1.165) is 66.3 Å². The molecule has 0 unspecified atom stereocenters. The summed E-state index contributed by atoms with van der Waals surface area (Å²) < 4.78 is 11.2. The lowest BCUT2D eigenvalue weighted by Gasteiger charge is -2.21. The summed E-state index contributed by atoms with van der Waals surface area (Å²) in [5.74, 6) is 1.82. The molecule has 0 fully saturated rings. The van der Waals surface area contributed by atoms with Crippen LogP contribution in [0, 0.1) is 0 Å². The Morgan fingerprint density at radius 2 is 1.14 bits per heavy atom. The fraction of sp³-hybridized carbons (Fsp3) is 0. The lowest BCUT2D eigenvalue weighted by molar-refractivity contribution is 0.669. The maximum atomic E-state index is 6.32. The summed E-state index contributed by atoms with van der Waals surface area (Å²) in [5.41, 5.74) is 10.2. The van der Waals surface area contributed by atoms with E-state index in [4.69, 9.17) is 19.4 Å². The molecule has 0 bridgehead atoms. The van der Waals surface area contributed by atoms with Gasteiger partial charge in [0.25, 0.3) is 0 Å². The fourth-order valence-electron chi connectivity index (χ4n) is 9.00. The van der Waals surface area contributed by atoms with Crippen LogP contribution in [0.1, 0.15) is 0 Å². The number of fused-ring (bicyclic) bond motifs is 11. The van der Waals surface area contributed by atoms with E-state index in [9.17, 15) is 0 Å². The first-order valence-electron chi connectivity index (χ1n) is 19.4. The molecule has 4 aromatic heterocycles. The predicted molar refractivity (Wildman–Crippen MR) is 236 cm³/mol. The minimum Gasteiger partial charge on any atom is -0.456 e. The van der Waals surface area contributed by atoms with Crippen LogP contribution in [0.25, 0.3) is 111 Å². The summed E-state index contributed by atoms with van der Waals surface area (Å²) in [4.78, 5) is 18.3. The highest BCUT2D eigenvalue weighted by Crippen LogP contribution is 2.50. The van der Waals surface area contributed by atoms with Crippen LogP contribution in [0.3, 0.4) is 0 Å². The van der Waals surface area contributed by atoms with Crippen molar-refractivity contribution in [1.29, 1.82) is 0 Å². The average Bonchev–Trinajstić information content (AvgIpc) is 3.95. The highest BCUT2D eigenvalue weighted by Gasteiger charge is 2.28. The Morgan fingerprint density at radius 1 is 0.448 bits per heavy atom. The van der Waals surface area contributed by atoms with E-state index in [1.54, 1.807) is 0 Å². The molecule has 0 aliphatic carbocycles. The molecule has 6 nitrogen and oxygen atoms in total. The molecule has 0 N–H and O–H groups in total. The smallest absolute Gasteiger partial charge is 0.164 e. The van der Waals surface area contributed by atoms with Crippen LogP contribution < -0.4 is 0 Å². The highest BCUT2D eigenvalue weighted by molar-refractivity contribution is 7.99. The Bertz CT molecular complexity index is 3670. The van der Waals surface area contributed by atoms with Gasteiger partial charge in [0.1, 0.15) is 16.8 Å². The molecule has 0 radical (unpaired) electrons. The molecule has 0 atom stereocenters. The fourth-order valence-corrected chi connectivity index (χ4v) is 10.1. The van der Waals surface area contributed by atoms with Gasteiger partial charge in [-0.2, -0.15) is 0 Å². The highest BCUT2D eigenvalue weighted by atomic mass is 32.2. The van der Waals surface area contributed by atoms with Gasteiger partial charge < -0.3 is 4.42 Å². The van der Waals surface area contributed by atoms with E-state index in [1.807, 2.05) is 42.1 Å². The zero-order valence-electron chi connectivity index (χ0n) is 30.8. The third-order valence-electron chi connectivity index (χ3n) is 11.5. The second-order valence-corrected chi connectivity index (χ2v) is 15.9. The van der Waals surface area contributed by atoms with Crippen molar-refractivity contribution >= 4 is 77.3 Å². The van der Waals surface area contributed by atoms with Gasteiger partial charge in [-0.1, -0.05) is 121 Å². The zero-order valence-corrected chi connectivity index (χ0v) is 31.6. The maximum absolute atomic E-state index is 6.32. The van der Waals surface area contributed by atoms with Gasteiger partial charge >= 0.3 is 0 Å². The van der Waals surface area contributed by atoms with Gasteiger partial charge in [-0.3, -0.25) is 9.13 Å². The minimum absolute atomic E-state index is 0.596. The van der Waals surface area contributed by atoms with E-state index < -0.39 is 0 Å². The van der Waals surface area contributed by atoms with Crippen molar-refractivity contribution in [2.75, 3.05) is 0 Å². The van der Waals surface area contributed by atoms with Crippen molar-refractivity contribution in [3.63, 3.8) is 0 Å². The third kappa shape index (κ3) is 4.53. The number of hydrogen-bond donors (Lipinski definition) is 0.